The molecule has 0 saturated carbocycles. The fraction of sp³-hybridized carbons (Fsp3) is 0.467. The van der Waals surface area contributed by atoms with Crippen LogP contribution in [0.15, 0.2) is 24.5 Å². The van der Waals surface area contributed by atoms with E-state index in [1.54, 1.807) is 18.5 Å². The first-order chi connectivity index (χ1) is 10.8. The van der Waals surface area contributed by atoms with Crippen molar-refractivity contribution < 1.29 is 13.2 Å². The van der Waals surface area contributed by atoms with Crippen LogP contribution in [0, 0.1) is 0 Å². The fourth-order valence-electron chi connectivity index (χ4n) is 3.06. The smallest absolute Gasteiger partial charge is 0.245 e. The first-order valence-corrected chi connectivity index (χ1v) is 9.35. The standard InChI is InChI=1S/C15H20N4O3S.2ClH/c1-19-10-17-12-9-11(3-4-13(12)19)18-14(20)15(23(2,21)22)5-7-16-8-6-15;;/h3-4,9-10,16H,5-8H2,1-2H3,(H,18,20);2*1H. The summed E-state index contributed by atoms with van der Waals surface area (Å²) in [4.78, 5) is 17.0. The molecule has 25 heavy (non-hydrogen) atoms. The summed E-state index contributed by atoms with van der Waals surface area (Å²) in [7, 11) is -1.63. The zero-order valence-corrected chi connectivity index (χ0v) is 16.4. The van der Waals surface area contributed by atoms with Crippen LogP contribution in [0.3, 0.4) is 0 Å². The molecule has 140 valence electrons. The molecular formula is C15H22Cl2N4O3S. The van der Waals surface area contributed by atoms with Gasteiger partial charge in [-0.3, -0.25) is 4.79 Å². The molecule has 0 spiro atoms. The maximum atomic E-state index is 12.7. The maximum Gasteiger partial charge on any atom is 0.245 e. The van der Waals surface area contributed by atoms with Crippen LogP contribution >= 0.6 is 24.8 Å². The SMILES string of the molecule is Cl.Cl.Cn1cnc2cc(NC(=O)C3(S(C)(=O)=O)CCNCC3)ccc21. The summed E-state index contributed by atoms with van der Waals surface area (Å²) in [5, 5.41) is 5.87. The number of imidazole rings is 1. The molecule has 10 heteroatoms. The van der Waals surface area contributed by atoms with Gasteiger partial charge in [-0.25, -0.2) is 13.4 Å². The average Bonchev–Trinajstić information content (AvgIpc) is 2.88. The number of anilines is 1. The number of amides is 1. The van der Waals surface area contributed by atoms with E-state index in [0.29, 0.717) is 18.8 Å². The third-order valence-electron chi connectivity index (χ3n) is 4.52. The summed E-state index contributed by atoms with van der Waals surface area (Å²) in [5.74, 6) is -0.461. The van der Waals surface area contributed by atoms with Crippen molar-refractivity contribution in [3.8, 4) is 0 Å². The van der Waals surface area contributed by atoms with Crippen molar-refractivity contribution in [1.82, 2.24) is 14.9 Å². The van der Waals surface area contributed by atoms with E-state index in [4.69, 9.17) is 0 Å². The number of fused-ring (bicyclic) bond motifs is 1. The number of halogens is 2. The van der Waals surface area contributed by atoms with Gasteiger partial charge in [-0.1, -0.05) is 0 Å². The lowest BCUT2D eigenvalue weighted by atomic mass is 9.95. The quantitative estimate of drug-likeness (QED) is 0.802. The molecule has 1 amide bonds. The monoisotopic (exact) mass is 408 g/mol. The Morgan fingerprint density at radius 2 is 1.92 bits per heavy atom. The molecule has 1 aliphatic heterocycles. The minimum absolute atomic E-state index is 0. The number of sulfone groups is 1. The van der Waals surface area contributed by atoms with Crippen molar-refractivity contribution in [1.29, 1.82) is 0 Å². The second kappa shape index (κ2) is 7.90. The van der Waals surface area contributed by atoms with Crippen LogP contribution < -0.4 is 10.6 Å². The van der Waals surface area contributed by atoms with Gasteiger partial charge in [-0.2, -0.15) is 0 Å². The molecule has 1 fully saturated rings. The van der Waals surface area contributed by atoms with Crippen molar-refractivity contribution in [2.24, 2.45) is 7.05 Å². The summed E-state index contributed by atoms with van der Waals surface area (Å²) in [6, 6.07) is 5.37. The van der Waals surface area contributed by atoms with E-state index in [9.17, 15) is 13.2 Å². The number of hydrogen-bond acceptors (Lipinski definition) is 5. The van der Waals surface area contributed by atoms with Gasteiger partial charge in [0.15, 0.2) is 14.6 Å². The van der Waals surface area contributed by atoms with Gasteiger partial charge in [0.1, 0.15) is 0 Å². The van der Waals surface area contributed by atoms with Crippen LogP contribution in [-0.2, 0) is 21.7 Å². The minimum atomic E-state index is -3.52. The number of hydrogen-bond donors (Lipinski definition) is 2. The van der Waals surface area contributed by atoms with Gasteiger partial charge in [0.25, 0.3) is 0 Å². The predicted molar refractivity (Wildman–Crippen MR) is 104 cm³/mol. The van der Waals surface area contributed by atoms with Crippen LogP contribution in [0.25, 0.3) is 11.0 Å². The number of aromatic nitrogens is 2. The molecule has 3 rings (SSSR count). The highest BCUT2D eigenvalue weighted by Crippen LogP contribution is 2.30. The Morgan fingerprint density at radius 1 is 1.28 bits per heavy atom. The van der Waals surface area contributed by atoms with Crippen LogP contribution in [-0.4, -0.2) is 48.0 Å². The molecule has 1 aromatic carbocycles. The number of benzene rings is 1. The number of carbonyl (C=O) groups is 1. The lowest BCUT2D eigenvalue weighted by Crippen LogP contribution is -2.55. The highest BCUT2D eigenvalue weighted by molar-refractivity contribution is 7.92. The number of rotatable bonds is 3. The van der Waals surface area contributed by atoms with Crippen LogP contribution in [0.1, 0.15) is 12.8 Å². The van der Waals surface area contributed by atoms with Gasteiger partial charge < -0.3 is 15.2 Å². The second-order valence-corrected chi connectivity index (χ2v) is 8.36. The molecule has 7 nitrogen and oxygen atoms in total. The van der Waals surface area contributed by atoms with Crippen LogP contribution in [0.5, 0.6) is 0 Å². The first-order valence-electron chi connectivity index (χ1n) is 7.46. The van der Waals surface area contributed by atoms with Gasteiger partial charge >= 0.3 is 0 Å². The Kier molecular flexibility index (Phi) is 6.86. The fourth-order valence-corrected chi connectivity index (χ4v) is 4.39. The molecule has 0 aliphatic carbocycles. The number of nitrogens with one attached hydrogen (secondary N) is 2. The van der Waals surface area contributed by atoms with Gasteiger partial charge in [0, 0.05) is 19.0 Å². The highest BCUT2D eigenvalue weighted by Gasteiger charge is 2.48. The number of piperidine rings is 1. The van der Waals surface area contributed by atoms with E-state index in [1.165, 1.54) is 0 Å². The normalized spacial score (nSPS) is 16.6. The largest absolute Gasteiger partial charge is 0.334 e. The van der Waals surface area contributed by atoms with Gasteiger partial charge in [0.05, 0.1) is 17.4 Å². The third kappa shape index (κ3) is 3.92. The molecule has 0 atom stereocenters. The number of aryl methyl sites for hydroxylation is 1. The highest BCUT2D eigenvalue weighted by atomic mass is 35.5. The summed E-state index contributed by atoms with van der Waals surface area (Å²) in [6.45, 7) is 1.03. The Morgan fingerprint density at radius 3 is 2.52 bits per heavy atom. The van der Waals surface area contributed by atoms with E-state index >= 15 is 0 Å². The molecule has 0 radical (unpaired) electrons. The van der Waals surface area contributed by atoms with Crippen LogP contribution in [0.4, 0.5) is 5.69 Å². The number of nitrogens with zero attached hydrogens (tertiary/aromatic N) is 2. The average molecular weight is 409 g/mol. The molecule has 2 heterocycles. The summed E-state index contributed by atoms with van der Waals surface area (Å²) < 4.78 is 25.0. The molecule has 1 aliphatic rings. The van der Waals surface area contributed by atoms with Gasteiger partial charge in [-0.15, -0.1) is 24.8 Å². The molecule has 2 N–H and O–H groups in total. The van der Waals surface area contributed by atoms with E-state index < -0.39 is 20.5 Å². The lowest BCUT2D eigenvalue weighted by Gasteiger charge is -2.34. The molecule has 0 unspecified atom stereocenters. The van der Waals surface area contributed by atoms with Crippen molar-refractivity contribution in [3.05, 3.63) is 24.5 Å². The summed E-state index contributed by atoms with van der Waals surface area (Å²) in [5.41, 5.74) is 2.26. The van der Waals surface area contributed by atoms with E-state index in [-0.39, 0.29) is 37.7 Å². The first kappa shape index (κ1) is 21.7. The van der Waals surface area contributed by atoms with Gasteiger partial charge in [0.2, 0.25) is 5.91 Å². The van der Waals surface area contributed by atoms with Crippen molar-refractivity contribution in [2.45, 2.75) is 17.6 Å². The zero-order chi connectivity index (χ0) is 16.7. The Bertz CT molecular complexity index is 861. The predicted octanol–water partition coefficient (Wildman–Crippen LogP) is 1.52. The lowest BCUT2D eigenvalue weighted by molar-refractivity contribution is -0.119. The van der Waals surface area contributed by atoms with E-state index in [0.717, 1.165) is 17.3 Å². The number of carbonyl (C=O) groups excluding carboxylic acids is 1. The summed E-state index contributed by atoms with van der Waals surface area (Å²) in [6.07, 6.45) is 3.40. The Balaban J connectivity index is 0.00000156. The minimum Gasteiger partial charge on any atom is -0.334 e. The van der Waals surface area contributed by atoms with Crippen molar-refractivity contribution >= 4 is 57.3 Å². The van der Waals surface area contributed by atoms with Crippen molar-refractivity contribution in [3.63, 3.8) is 0 Å². The second-order valence-electron chi connectivity index (χ2n) is 6.03. The van der Waals surface area contributed by atoms with Crippen LogP contribution in [0.2, 0.25) is 0 Å². The Hall–Kier alpha value is -1.35. The third-order valence-corrected chi connectivity index (χ3v) is 6.53. The molecule has 1 saturated heterocycles. The maximum absolute atomic E-state index is 12.7. The van der Waals surface area contributed by atoms with E-state index in [2.05, 4.69) is 15.6 Å². The van der Waals surface area contributed by atoms with Gasteiger partial charge in [-0.05, 0) is 44.1 Å². The Labute approximate surface area is 159 Å². The summed E-state index contributed by atoms with van der Waals surface area (Å²) >= 11 is 0. The molecular weight excluding hydrogens is 387 g/mol. The van der Waals surface area contributed by atoms with E-state index in [1.807, 2.05) is 17.7 Å². The molecule has 1 aromatic heterocycles. The molecule has 0 bridgehead atoms. The topological polar surface area (TPSA) is 93.1 Å². The zero-order valence-electron chi connectivity index (χ0n) is 14.0. The van der Waals surface area contributed by atoms with Crippen molar-refractivity contribution in [2.75, 3.05) is 24.7 Å². The molecule has 2 aromatic rings.